The van der Waals surface area contributed by atoms with Crippen molar-refractivity contribution in [3.8, 4) is 11.5 Å². The molecule has 134 valence electrons. The zero-order valence-corrected chi connectivity index (χ0v) is 14.8. The average Bonchev–Trinajstić information content (AvgIpc) is 2.93. The predicted octanol–water partition coefficient (Wildman–Crippen LogP) is 3.85. The number of hydrogen-bond donors (Lipinski definition) is 1. The number of aromatic nitrogens is 2. The Morgan fingerprint density at radius 2 is 2.00 bits per heavy atom. The SMILES string of the molecule is CCc1noc2ncc(C(=O)Nc3cc4c(cc3Cl)OCCCO4)cc12. The van der Waals surface area contributed by atoms with Crippen LogP contribution in [-0.4, -0.2) is 29.3 Å². The Morgan fingerprint density at radius 3 is 2.77 bits per heavy atom. The monoisotopic (exact) mass is 373 g/mol. The molecule has 0 aliphatic carbocycles. The summed E-state index contributed by atoms with van der Waals surface area (Å²) in [7, 11) is 0. The fourth-order valence-electron chi connectivity index (χ4n) is 2.73. The van der Waals surface area contributed by atoms with Crippen molar-refractivity contribution in [2.75, 3.05) is 18.5 Å². The number of rotatable bonds is 3. The molecule has 1 amide bonds. The highest BCUT2D eigenvalue weighted by molar-refractivity contribution is 6.34. The lowest BCUT2D eigenvalue weighted by atomic mass is 10.1. The maximum absolute atomic E-state index is 12.6. The number of halogens is 1. The maximum atomic E-state index is 12.6. The van der Waals surface area contributed by atoms with Crippen LogP contribution in [0, 0.1) is 0 Å². The molecule has 0 unspecified atom stereocenters. The second-order valence-electron chi connectivity index (χ2n) is 5.84. The Morgan fingerprint density at radius 1 is 1.23 bits per heavy atom. The van der Waals surface area contributed by atoms with Gasteiger partial charge in [0.05, 0.1) is 40.6 Å². The maximum Gasteiger partial charge on any atom is 0.257 e. The van der Waals surface area contributed by atoms with Gasteiger partial charge >= 0.3 is 0 Å². The molecule has 0 atom stereocenters. The zero-order valence-electron chi connectivity index (χ0n) is 14.0. The molecule has 26 heavy (non-hydrogen) atoms. The number of benzene rings is 1. The zero-order chi connectivity index (χ0) is 18.1. The Hall–Kier alpha value is -2.80. The summed E-state index contributed by atoms with van der Waals surface area (Å²) in [4.78, 5) is 16.8. The Balaban J connectivity index is 1.63. The molecule has 8 heteroatoms. The summed E-state index contributed by atoms with van der Waals surface area (Å²) in [5.74, 6) is 0.799. The number of fused-ring (bicyclic) bond motifs is 2. The summed E-state index contributed by atoms with van der Waals surface area (Å²) in [6.07, 6.45) is 2.92. The van der Waals surface area contributed by atoms with Crippen LogP contribution in [0.15, 0.2) is 28.9 Å². The van der Waals surface area contributed by atoms with Gasteiger partial charge in [-0.1, -0.05) is 23.7 Å². The quantitative estimate of drug-likeness (QED) is 0.750. The number of ether oxygens (including phenoxy) is 2. The lowest BCUT2D eigenvalue weighted by Gasteiger charge is -2.12. The number of nitrogens with one attached hydrogen (secondary N) is 1. The topological polar surface area (TPSA) is 86.5 Å². The second kappa shape index (κ2) is 6.84. The molecule has 3 aromatic rings. The predicted molar refractivity (Wildman–Crippen MR) is 96.2 cm³/mol. The summed E-state index contributed by atoms with van der Waals surface area (Å²) in [5, 5.41) is 7.84. The average molecular weight is 374 g/mol. The number of amides is 1. The number of aryl methyl sites for hydroxylation is 1. The van der Waals surface area contributed by atoms with E-state index in [1.807, 2.05) is 6.92 Å². The van der Waals surface area contributed by atoms with Crippen molar-refractivity contribution in [3.63, 3.8) is 0 Å². The van der Waals surface area contributed by atoms with E-state index in [0.29, 0.717) is 53.1 Å². The number of carbonyl (C=O) groups excluding carboxylic acids is 1. The van der Waals surface area contributed by atoms with Crippen LogP contribution in [0.1, 0.15) is 29.4 Å². The number of carbonyl (C=O) groups is 1. The summed E-state index contributed by atoms with van der Waals surface area (Å²) >= 11 is 6.28. The Kier molecular flexibility index (Phi) is 4.38. The van der Waals surface area contributed by atoms with Crippen LogP contribution in [-0.2, 0) is 6.42 Å². The fourth-order valence-corrected chi connectivity index (χ4v) is 2.93. The minimum atomic E-state index is -0.334. The third kappa shape index (κ3) is 3.06. The van der Waals surface area contributed by atoms with Crippen molar-refractivity contribution in [1.29, 1.82) is 0 Å². The van der Waals surface area contributed by atoms with Crippen molar-refractivity contribution in [1.82, 2.24) is 10.1 Å². The first-order valence-electron chi connectivity index (χ1n) is 8.30. The summed E-state index contributed by atoms with van der Waals surface area (Å²) < 4.78 is 16.4. The largest absolute Gasteiger partial charge is 0.490 e. The molecule has 0 bridgehead atoms. The van der Waals surface area contributed by atoms with E-state index < -0.39 is 0 Å². The van der Waals surface area contributed by atoms with E-state index in [0.717, 1.165) is 17.5 Å². The molecule has 1 aromatic carbocycles. The van der Waals surface area contributed by atoms with Crippen LogP contribution in [0.3, 0.4) is 0 Å². The fraction of sp³-hybridized carbons (Fsp3) is 0.278. The highest BCUT2D eigenvalue weighted by atomic mass is 35.5. The Labute approximate surface area is 154 Å². The van der Waals surface area contributed by atoms with Gasteiger partial charge in [-0.2, -0.15) is 0 Å². The first-order valence-corrected chi connectivity index (χ1v) is 8.68. The van der Waals surface area contributed by atoms with Gasteiger partial charge in [-0.15, -0.1) is 0 Å². The van der Waals surface area contributed by atoms with E-state index in [1.165, 1.54) is 6.20 Å². The van der Waals surface area contributed by atoms with Crippen molar-refractivity contribution >= 4 is 34.3 Å². The summed E-state index contributed by atoms with van der Waals surface area (Å²) in [6.45, 7) is 3.08. The standard InChI is InChI=1S/C18H16ClN3O4/c1-2-13-11-6-10(9-20-18(11)26-22-13)17(23)21-14-8-16-15(7-12(14)19)24-4-3-5-25-16/h6-9H,2-5H2,1H3,(H,21,23). The van der Waals surface area contributed by atoms with Gasteiger partial charge in [0.2, 0.25) is 0 Å². The van der Waals surface area contributed by atoms with E-state index in [-0.39, 0.29) is 5.91 Å². The molecular formula is C18H16ClN3O4. The molecule has 0 saturated heterocycles. The molecule has 0 saturated carbocycles. The van der Waals surface area contributed by atoms with Crippen LogP contribution in [0.4, 0.5) is 5.69 Å². The van der Waals surface area contributed by atoms with Gasteiger partial charge in [-0.3, -0.25) is 4.79 Å². The molecule has 1 aliphatic heterocycles. The van der Waals surface area contributed by atoms with Crippen molar-refractivity contribution in [2.24, 2.45) is 0 Å². The molecule has 3 heterocycles. The molecular weight excluding hydrogens is 358 g/mol. The van der Waals surface area contributed by atoms with Crippen LogP contribution in [0.25, 0.3) is 11.1 Å². The molecule has 0 fully saturated rings. The lowest BCUT2D eigenvalue weighted by Crippen LogP contribution is -2.12. The third-order valence-corrected chi connectivity index (χ3v) is 4.40. The lowest BCUT2D eigenvalue weighted by molar-refractivity contribution is 0.102. The highest BCUT2D eigenvalue weighted by Gasteiger charge is 2.17. The second-order valence-corrected chi connectivity index (χ2v) is 6.25. The van der Waals surface area contributed by atoms with E-state index in [1.54, 1.807) is 18.2 Å². The molecule has 0 radical (unpaired) electrons. The highest BCUT2D eigenvalue weighted by Crippen LogP contribution is 2.37. The number of anilines is 1. The van der Waals surface area contributed by atoms with E-state index >= 15 is 0 Å². The van der Waals surface area contributed by atoms with E-state index in [4.69, 9.17) is 25.6 Å². The van der Waals surface area contributed by atoms with Gasteiger partial charge in [0.15, 0.2) is 11.5 Å². The molecule has 0 spiro atoms. The first kappa shape index (κ1) is 16.7. The minimum Gasteiger partial charge on any atom is -0.490 e. The molecule has 7 nitrogen and oxygen atoms in total. The van der Waals surface area contributed by atoms with Crippen LogP contribution in [0.2, 0.25) is 5.02 Å². The van der Waals surface area contributed by atoms with Gasteiger partial charge in [-0.25, -0.2) is 4.98 Å². The van der Waals surface area contributed by atoms with Crippen LogP contribution < -0.4 is 14.8 Å². The van der Waals surface area contributed by atoms with E-state index in [9.17, 15) is 4.79 Å². The van der Waals surface area contributed by atoms with Crippen molar-refractivity contribution in [2.45, 2.75) is 19.8 Å². The van der Waals surface area contributed by atoms with Crippen molar-refractivity contribution < 1.29 is 18.8 Å². The van der Waals surface area contributed by atoms with Gasteiger partial charge in [0, 0.05) is 24.8 Å². The smallest absolute Gasteiger partial charge is 0.257 e. The number of nitrogens with zero attached hydrogens (tertiary/aromatic N) is 2. The van der Waals surface area contributed by atoms with E-state index in [2.05, 4.69) is 15.5 Å². The molecule has 1 aliphatic rings. The van der Waals surface area contributed by atoms with Crippen LogP contribution >= 0.6 is 11.6 Å². The summed E-state index contributed by atoms with van der Waals surface area (Å²) in [5.41, 5.74) is 2.00. The molecule has 4 rings (SSSR count). The van der Waals surface area contributed by atoms with Gasteiger partial charge in [-0.05, 0) is 12.5 Å². The summed E-state index contributed by atoms with van der Waals surface area (Å²) in [6, 6.07) is 5.03. The first-order chi connectivity index (χ1) is 12.7. The van der Waals surface area contributed by atoms with Crippen molar-refractivity contribution in [3.05, 3.63) is 40.7 Å². The number of hydrogen-bond acceptors (Lipinski definition) is 6. The van der Waals surface area contributed by atoms with Gasteiger partial charge < -0.3 is 19.3 Å². The number of pyridine rings is 1. The van der Waals surface area contributed by atoms with Gasteiger partial charge in [0.25, 0.3) is 11.6 Å². The molecule has 2 aromatic heterocycles. The third-order valence-electron chi connectivity index (χ3n) is 4.09. The minimum absolute atomic E-state index is 0.334. The van der Waals surface area contributed by atoms with Crippen LogP contribution in [0.5, 0.6) is 11.5 Å². The normalized spacial score (nSPS) is 13.5. The Bertz CT molecular complexity index is 986. The van der Waals surface area contributed by atoms with Gasteiger partial charge in [0.1, 0.15) is 0 Å². The molecule has 1 N–H and O–H groups in total.